The quantitative estimate of drug-likeness (QED) is 0.636. The molecule has 0 unspecified atom stereocenters. The zero-order valence-electron chi connectivity index (χ0n) is 12.1. The third-order valence-electron chi connectivity index (χ3n) is 3.80. The Labute approximate surface area is 121 Å². The molecule has 0 aromatic carbocycles. The second kappa shape index (κ2) is 9.61. The molecule has 1 amide bonds. The third kappa shape index (κ3) is 6.63. The maximum atomic E-state index is 11.8. The molecule has 4 nitrogen and oxygen atoms in total. The zero-order chi connectivity index (χ0) is 14.0. The molecule has 1 fully saturated rings. The molecule has 0 spiro atoms. The first-order valence-electron chi connectivity index (χ1n) is 7.32. The summed E-state index contributed by atoms with van der Waals surface area (Å²) in [4.78, 5) is 11.8. The van der Waals surface area contributed by atoms with Crippen LogP contribution in [-0.2, 0) is 9.53 Å². The molecule has 5 heteroatoms. The lowest BCUT2D eigenvalue weighted by Crippen LogP contribution is -2.44. The SMILES string of the molecule is CSC1(CNC(=O)CCCCCCN)CCOCC1. The van der Waals surface area contributed by atoms with Crippen LogP contribution < -0.4 is 11.1 Å². The topological polar surface area (TPSA) is 64.4 Å². The van der Waals surface area contributed by atoms with E-state index in [0.717, 1.165) is 64.8 Å². The molecule has 1 saturated heterocycles. The number of thioether (sulfide) groups is 1. The van der Waals surface area contributed by atoms with E-state index >= 15 is 0 Å². The first kappa shape index (κ1) is 16.8. The van der Waals surface area contributed by atoms with Crippen LogP contribution in [0.3, 0.4) is 0 Å². The van der Waals surface area contributed by atoms with E-state index in [-0.39, 0.29) is 10.7 Å². The van der Waals surface area contributed by atoms with Gasteiger partial charge in [0.1, 0.15) is 0 Å². The molecule has 1 heterocycles. The number of amides is 1. The van der Waals surface area contributed by atoms with Crippen molar-refractivity contribution in [3.05, 3.63) is 0 Å². The van der Waals surface area contributed by atoms with Crippen LogP contribution in [0.5, 0.6) is 0 Å². The number of carbonyl (C=O) groups excluding carboxylic acids is 1. The van der Waals surface area contributed by atoms with Gasteiger partial charge in [-0.3, -0.25) is 4.79 Å². The van der Waals surface area contributed by atoms with Gasteiger partial charge in [0.15, 0.2) is 0 Å². The maximum Gasteiger partial charge on any atom is 0.220 e. The number of hydrogen-bond acceptors (Lipinski definition) is 4. The Balaban J connectivity index is 2.14. The largest absolute Gasteiger partial charge is 0.381 e. The monoisotopic (exact) mass is 288 g/mol. The highest BCUT2D eigenvalue weighted by molar-refractivity contribution is 8.00. The van der Waals surface area contributed by atoms with E-state index in [9.17, 15) is 4.79 Å². The molecule has 1 aliphatic heterocycles. The Morgan fingerprint density at radius 1 is 1.26 bits per heavy atom. The molecule has 0 aliphatic carbocycles. The fourth-order valence-electron chi connectivity index (χ4n) is 2.33. The summed E-state index contributed by atoms with van der Waals surface area (Å²) in [6, 6.07) is 0. The fourth-order valence-corrected chi connectivity index (χ4v) is 3.12. The minimum Gasteiger partial charge on any atom is -0.381 e. The van der Waals surface area contributed by atoms with Crippen molar-refractivity contribution in [1.82, 2.24) is 5.32 Å². The summed E-state index contributed by atoms with van der Waals surface area (Å²) in [5.74, 6) is 0.188. The van der Waals surface area contributed by atoms with Crippen LogP contribution in [0.25, 0.3) is 0 Å². The molecule has 1 rings (SSSR count). The number of nitrogens with two attached hydrogens (primary N) is 1. The molecule has 0 aromatic heterocycles. The van der Waals surface area contributed by atoms with E-state index in [4.69, 9.17) is 10.5 Å². The number of unbranched alkanes of at least 4 members (excludes halogenated alkanes) is 3. The maximum absolute atomic E-state index is 11.8. The van der Waals surface area contributed by atoms with Crippen molar-refractivity contribution in [2.45, 2.75) is 49.7 Å². The standard InChI is InChI=1S/C14H28N2O2S/c1-19-14(7-10-18-11-8-14)12-16-13(17)6-4-2-3-5-9-15/h2-12,15H2,1H3,(H,16,17). The van der Waals surface area contributed by atoms with E-state index < -0.39 is 0 Å². The Morgan fingerprint density at radius 3 is 2.58 bits per heavy atom. The van der Waals surface area contributed by atoms with Gasteiger partial charge in [-0.25, -0.2) is 0 Å². The van der Waals surface area contributed by atoms with Crippen molar-refractivity contribution in [3.63, 3.8) is 0 Å². The van der Waals surface area contributed by atoms with E-state index in [1.54, 1.807) is 0 Å². The van der Waals surface area contributed by atoms with Crippen molar-refractivity contribution in [2.24, 2.45) is 5.73 Å². The van der Waals surface area contributed by atoms with E-state index in [1.807, 2.05) is 11.8 Å². The molecule has 0 aromatic rings. The van der Waals surface area contributed by atoms with Gasteiger partial charge in [-0.2, -0.15) is 11.8 Å². The van der Waals surface area contributed by atoms with Gasteiger partial charge in [0.2, 0.25) is 5.91 Å². The normalized spacial score (nSPS) is 18.2. The second-order valence-electron chi connectivity index (χ2n) is 5.23. The van der Waals surface area contributed by atoms with Gasteiger partial charge in [0, 0.05) is 30.9 Å². The first-order chi connectivity index (χ1) is 9.22. The van der Waals surface area contributed by atoms with Crippen molar-refractivity contribution >= 4 is 17.7 Å². The smallest absolute Gasteiger partial charge is 0.220 e. The highest BCUT2D eigenvalue weighted by Crippen LogP contribution is 2.32. The lowest BCUT2D eigenvalue weighted by molar-refractivity contribution is -0.121. The number of rotatable bonds is 9. The molecule has 1 aliphatic rings. The van der Waals surface area contributed by atoms with Crippen LogP contribution in [0.15, 0.2) is 0 Å². The lowest BCUT2D eigenvalue weighted by Gasteiger charge is -2.35. The van der Waals surface area contributed by atoms with Crippen LogP contribution >= 0.6 is 11.8 Å². The molecular formula is C14H28N2O2S. The minimum absolute atomic E-state index is 0.188. The Kier molecular flexibility index (Phi) is 8.50. The van der Waals surface area contributed by atoms with Gasteiger partial charge in [-0.15, -0.1) is 0 Å². The Bertz CT molecular complexity index is 256. The molecule has 0 saturated carbocycles. The molecular weight excluding hydrogens is 260 g/mol. The van der Waals surface area contributed by atoms with Gasteiger partial charge >= 0.3 is 0 Å². The highest BCUT2D eigenvalue weighted by Gasteiger charge is 2.31. The van der Waals surface area contributed by atoms with Crippen LogP contribution in [-0.4, -0.2) is 43.2 Å². The first-order valence-corrected chi connectivity index (χ1v) is 8.54. The van der Waals surface area contributed by atoms with E-state index in [2.05, 4.69) is 11.6 Å². The molecule has 19 heavy (non-hydrogen) atoms. The molecule has 112 valence electrons. The van der Waals surface area contributed by atoms with Gasteiger partial charge in [-0.05, 0) is 38.5 Å². The Hall–Kier alpha value is -0.260. The van der Waals surface area contributed by atoms with E-state index in [0.29, 0.717) is 6.42 Å². The lowest BCUT2D eigenvalue weighted by atomic mass is 9.99. The average Bonchev–Trinajstić information content (AvgIpc) is 2.46. The van der Waals surface area contributed by atoms with Crippen LogP contribution in [0.4, 0.5) is 0 Å². The van der Waals surface area contributed by atoms with Gasteiger partial charge in [0.05, 0.1) is 0 Å². The molecule has 3 N–H and O–H groups in total. The van der Waals surface area contributed by atoms with Gasteiger partial charge in [0.25, 0.3) is 0 Å². The minimum atomic E-state index is 0.188. The predicted molar refractivity (Wildman–Crippen MR) is 81.4 cm³/mol. The summed E-state index contributed by atoms with van der Waals surface area (Å²) in [6.45, 7) is 3.16. The van der Waals surface area contributed by atoms with Gasteiger partial charge < -0.3 is 15.8 Å². The predicted octanol–water partition coefficient (Wildman–Crippen LogP) is 1.92. The second-order valence-corrected chi connectivity index (χ2v) is 6.50. The van der Waals surface area contributed by atoms with Crippen LogP contribution in [0.1, 0.15) is 44.9 Å². The summed E-state index contributed by atoms with van der Waals surface area (Å²) in [5.41, 5.74) is 5.44. The number of ether oxygens (including phenoxy) is 1. The summed E-state index contributed by atoms with van der Waals surface area (Å²) in [5, 5.41) is 3.10. The summed E-state index contributed by atoms with van der Waals surface area (Å²) >= 11 is 1.86. The molecule has 0 atom stereocenters. The number of nitrogens with one attached hydrogen (secondary N) is 1. The van der Waals surface area contributed by atoms with Crippen molar-refractivity contribution < 1.29 is 9.53 Å². The van der Waals surface area contributed by atoms with Crippen molar-refractivity contribution in [1.29, 1.82) is 0 Å². The number of hydrogen-bond donors (Lipinski definition) is 2. The summed E-state index contributed by atoms with van der Waals surface area (Å²) in [6.07, 6.45) is 9.12. The molecule has 0 radical (unpaired) electrons. The fraction of sp³-hybridized carbons (Fsp3) is 0.929. The highest BCUT2D eigenvalue weighted by atomic mass is 32.2. The number of carbonyl (C=O) groups is 1. The molecule has 0 bridgehead atoms. The zero-order valence-corrected chi connectivity index (χ0v) is 12.9. The third-order valence-corrected chi connectivity index (χ3v) is 5.22. The van der Waals surface area contributed by atoms with Crippen LogP contribution in [0.2, 0.25) is 0 Å². The Morgan fingerprint density at radius 2 is 1.95 bits per heavy atom. The van der Waals surface area contributed by atoms with E-state index in [1.165, 1.54) is 0 Å². The summed E-state index contributed by atoms with van der Waals surface area (Å²) in [7, 11) is 0. The van der Waals surface area contributed by atoms with Crippen molar-refractivity contribution in [2.75, 3.05) is 32.6 Å². The van der Waals surface area contributed by atoms with Gasteiger partial charge in [-0.1, -0.05) is 12.8 Å². The van der Waals surface area contributed by atoms with Crippen LogP contribution in [0, 0.1) is 0 Å². The van der Waals surface area contributed by atoms with Crippen molar-refractivity contribution in [3.8, 4) is 0 Å². The average molecular weight is 288 g/mol. The summed E-state index contributed by atoms with van der Waals surface area (Å²) < 4.78 is 5.59.